The first-order chi connectivity index (χ1) is 11.4. The van der Waals surface area contributed by atoms with E-state index in [9.17, 15) is 14.9 Å². The van der Waals surface area contributed by atoms with Gasteiger partial charge in [0.15, 0.2) is 5.41 Å². The number of unbranched alkanes of at least 4 members (excludes halogenated alkanes) is 1. The van der Waals surface area contributed by atoms with Crippen LogP contribution in [0.2, 0.25) is 0 Å². The Balaban J connectivity index is 5.94. The average molecular weight is 339 g/mol. The van der Waals surface area contributed by atoms with Crippen molar-refractivity contribution >= 4 is 11.9 Å². The fourth-order valence-corrected chi connectivity index (χ4v) is 2.94. The molecule has 0 radical (unpaired) electrons. The van der Waals surface area contributed by atoms with Gasteiger partial charge in [-0.1, -0.05) is 53.9 Å². The summed E-state index contributed by atoms with van der Waals surface area (Å²) in [7, 11) is 0. The molecule has 0 aliphatic rings. The van der Waals surface area contributed by atoms with Crippen LogP contribution in [0.4, 0.5) is 0 Å². The van der Waals surface area contributed by atoms with Crippen LogP contribution in [0.15, 0.2) is 0 Å². The van der Waals surface area contributed by atoms with Gasteiger partial charge in [0.25, 0.3) is 0 Å². The molecule has 0 N–H and O–H groups in total. The molecule has 0 aliphatic carbocycles. The Hall–Kier alpha value is -1.57. The van der Waals surface area contributed by atoms with E-state index in [1.54, 1.807) is 6.92 Å². The molecule has 0 aliphatic heterocycles. The zero-order valence-corrected chi connectivity index (χ0v) is 16.1. The van der Waals surface area contributed by atoms with Crippen molar-refractivity contribution in [2.45, 2.75) is 67.2 Å². The molecule has 0 aromatic rings. The zero-order chi connectivity index (χ0) is 18.8. The minimum Gasteiger partial charge on any atom is -0.465 e. The summed E-state index contributed by atoms with van der Waals surface area (Å²) in [6.45, 7) is 11.8. The van der Waals surface area contributed by atoms with Crippen LogP contribution in [0.25, 0.3) is 0 Å². The van der Waals surface area contributed by atoms with E-state index < -0.39 is 23.3 Å². The van der Waals surface area contributed by atoms with E-state index in [0.29, 0.717) is 19.4 Å². The smallest absolute Gasteiger partial charge is 0.327 e. The second kappa shape index (κ2) is 11.1. The van der Waals surface area contributed by atoms with E-state index in [4.69, 9.17) is 9.47 Å². The maximum absolute atomic E-state index is 12.8. The molecule has 0 bridgehead atoms. The van der Waals surface area contributed by atoms with Gasteiger partial charge in [-0.15, -0.1) is 0 Å². The van der Waals surface area contributed by atoms with Gasteiger partial charge in [-0.3, -0.25) is 9.59 Å². The first kappa shape index (κ1) is 22.4. The van der Waals surface area contributed by atoms with E-state index in [2.05, 4.69) is 6.07 Å². The third-order valence-electron chi connectivity index (χ3n) is 4.89. The fraction of sp³-hybridized carbons (Fsp3) is 0.842. The number of carbonyl (C=O) groups is 2. The summed E-state index contributed by atoms with van der Waals surface area (Å²) in [6, 6.07) is 2.16. The largest absolute Gasteiger partial charge is 0.465 e. The normalized spacial score (nSPS) is 17.0. The van der Waals surface area contributed by atoms with Crippen molar-refractivity contribution in [1.29, 1.82) is 5.26 Å². The Morgan fingerprint density at radius 3 is 2.12 bits per heavy atom. The second-order valence-corrected chi connectivity index (χ2v) is 6.39. The lowest BCUT2D eigenvalue weighted by atomic mass is 9.62. The topological polar surface area (TPSA) is 76.4 Å². The number of hydrogen-bond acceptors (Lipinski definition) is 5. The van der Waals surface area contributed by atoms with Crippen molar-refractivity contribution in [2.75, 3.05) is 13.2 Å². The SMILES string of the molecule is CCCCOC(=O)C(C(C)CC)C(C#N)(C(=O)OCC)C(C)CC. The first-order valence-electron chi connectivity index (χ1n) is 9.12. The standard InChI is InChI=1S/C19H33NO4/c1-7-11-12-24-17(21)16(14(5)8-2)19(13-20,15(6)9-3)18(22)23-10-4/h14-16H,7-12H2,1-6H3. The minimum atomic E-state index is -1.51. The summed E-state index contributed by atoms with van der Waals surface area (Å²) in [5, 5.41) is 9.95. The second-order valence-electron chi connectivity index (χ2n) is 6.39. The Labute approximate surface area is 146 Å². The first-order valence-corrected chi connectivity index (χ1v) is 9.12. The van der Waals surface area contributed by atoms with Crippen LogP contribution in [0, 0.1) is 34.5 Å². The number of rotatable bonds is 11. The Morgan fingerprint density at radius 2 is 1.71 bits per heavy atom. The third kappa shape index (κ3) is 4.96. The highest BCUT2D eigenvalue weighted by molar-refractivity contribution is 5.88. The summed E-state index contributed by atoms with van der Waals surface area (Å²) < 4.78 is 10.6. The molecule has 5 heteroatoms. The van der Waals surface area contributed by atoms with Crippen molar-refractivity contribution in [1.82, 2.24) is 0 Å². The van der Waals surface area contributed by atoms with Gasteiger partial charge >= 0.3 is 11.9 Å². The van der Waals surface area contributed by atoms with Gasteiger partial charge in [0.05, 0.1) is 25.2 Å². The maximum Gasteiger partial charge on any atom is 0.327 e. The molecule has 0 aromatic carbocycles. The summed E-state index contributed by atoms with van der Waals surface area (Å²) >= 11 is 0. The van der Waals surface area contributed by atoms with Gasteiger partial charge in [0, 0.05) is 0 Å². The molecule has 0 fully saturated rings. The van der Waals surface area contributed by atoms with E-state index in [-0.39, 0.29) is 18.4 Å². The van der Waals surface area contributed by atoms with Crippen LogP contribution < -0.4 is 0 Å². The molecule has 5 nitrogen and oxygen atoms in total. The molecule has 4 atom stereocenters. The number of ether oxygens (including phenoxy) is 2. The van der Waals surface area contributed by atoms with Crippen LogP contribution in [0.1, 0.15) is 67.2 Å². The van der Waals surface area contributed by atoms with Crippen molar-refractivity contribution in [2.24, 2.45) is 23.2 Å². The summed E-state index contributed by atoms with van der Waals surface area (Å²) in [6.07, 6.45) is 2.95. The van der Waals surface area contributed by atoms with Gasteiger partial charge in [0.2, 0.25) is 0 Å². The molecule has 0 spiro atoms. The van der Waals surface area contributed by atoms with Crippen molar-refractivity contribution in [3.05, 3.63) is 0 Å². The third-order valence-corrected chi connectivity index (χ3v) is 4.89. The molecule has 0 rings (SSSR count). The lowest BCUT2D eigenvalue weighted by Crippen LogP contribution is -2.50. The van der Waals surface area contributed by atoms with Gasteiger partial charge < -0.3 is 9.47 Å². The number of carbonyl (C=O) groups excluding carboxylic acids is 2. The van der Waals surface area contributed by atoms with E-state index in [1.807, 2.05) is 34.6 Å². The average Bonchev–Trinajstić information content (AvgIpc) is 2.58. The molecule has 0 amide bonds. The van der Waals surface area contributed by atoms with Crippen molar-refractivity contribution in [3.8, 4) is 6.07 Å². The number of nitrogens with zero attached hydrogens (tertiary/aromatic N) is 1. The van der Waals surface area contributed by atoms with E-state index in [1.165, 1.54) is 0 Å². The van der Waals surface area contributed by atoms with Gasteiger partial charge in [-0.05, 0) is 25.2 Å². The predicted octanol–water partition coefficient (Wildman–Crippen LogP) is 4.11. The van der Waals surface area contributed by atoms with Crippen molar-refractivity contribution < 1.29 is 19.1 Å². The predicted molar refractivity (Wildman–Crippen MR) is 92.9 cm³/mol. The number of nitriles is 1. The van der Waals surface area contributed by atoms with Gasteiger partial charge in [0.1, 0.15) is 0 Å². The molecular weight excluding hydrogens is 306 g/mol. The minimum absolute atomic E-state index is 0.155. The van der Waals surface area contributed by atoms with Crippen LogP contribution >= 0.6 is 0 Å². The van der Waals surface area contributed by atoms with E-state index >= 15 is 0 Å². The molecule has 0 heterocycles. The fourth-order valence-electron chi connectivity index (χ4n) is 2.94. The van der Waals surface area contributed by atoms with Crippen LogP contribution in [0.5, 0.6) is 0 Å². The highest BCUT2D eigenvalue weighted by atomic mass is 16.5. The Kier molecular flexibility index (Phi) is 10.3. The monoisotopic (exact) mass is 339 g/mol. The lowest BCUT2D eigenvalue weighted by molar-refractivity contribution is -0.172. The van der Waals surface area contributed by atoms with Gasteiger partial charge in [-0.2, -0.15) is 5.26 Å². The molecular formula is C19H33NO4. The summed E-state index contributed by atoms with van der Waals surface area (Å²) in [4.78, 5) is 25.5. The highest BCUT2D eigenvalue weighted by Crippen LogP contribution is 2.44. The quantitative estimate of drug-likeness (QED) is 0.418. The van der Waals surface area contributed by atoms with Crippen LogP contribution in [-0.4, -0.2) is 25.2 Å². The Morgan fingerprint density at radius 1 is 1.08 bits per heavy atom. The molecule has 4 unspecified atom stereocenters. The highest BCUT2D eigenvalue weighted by Gasteiger charge is 2.56. The molecule has 0 aromatic heterocycles. The van der Waals surface area contributed by atoms with E-state index in [0.717, 1.165) is 12.8 Å². The van der Waals surface area contributed by atoms with Crippen molar-refractivity contribution in [3.63, 3.8) is 0 Å². The summed E-state index contributed by atoms with van der Waals surface area (Å²) in [5.41, 5.74) is -1.51. The van der Waals surface area contributed by atoms with Gasteiger partial charge in [-0.25, -0.2) is 0 Å². The number of esters is 2. The molecule has 0 saturated heterocycles. The number of hydrogen-bond donors (Lipinski definition) is 0. The van der Waals surface area contributed by atoms with Crippen LogP contribution in [0.3, 0.4) is 0 Å². The summed E-state index contributed by atoms with van der Waals surface area (Å²) in [5.74, 6) is -2.36. The zero-order valence-electron chi connectivity index (χ0n) is 16.1. The molecule has 138 valence electrons. The molecule has 24 heavy (non-hydrogen) atoms. The van der Waals surface area contributed by atoms with Crippen LogP contribution in [-0.2, 0) is 19.1 Å². The Bertz CT molecular complexity index is 443. The lowest BCUT2D eigenvalue weighted by Gasteiger charge is -2.38. The maximum atomic E-state index is 12.8. The molecule has 0 saturated carbocycles.